The van der Waals surface area contributed by atoms with Gasteiger partial charge >= 0.3 is 0 Å². The second-order valence-electron chi connectivity index (χ2n) is 4.12. The highest BCUT2D eigenvalue weighted by Gasteiger charge is 2.13. The van der Waals surface area contributed by atoms with Crippen LogP contribution < -0.4 is 4.90 Å². The van der Waals surface area contributed by atoms with E-state index in [1.54, 1.807) is 11.3 Å². The number of hydrogen-bond donors (Lipinski definition) is 1. The molecule has 0 amide bonds. The van der Waals surface area contributed by atoms with Gasteiger partial charge in [0.15, 0.2) is 0 Å². The largest absolute Gasteiger partial charge is 0.392 e. The van der Waals surface area contributed by atoms with Gasteiger partial charge in [0.05, 0.1) is 35.1 Å². The fraction of sp³-hybridized carbons (Fsp3) is 0.308. The second-order valence-corrected chi connectivity index (χ2v) is 5.47. The molecular formula is C13H15ClN2OS. The van der Waals surface area contributed by atoms with Crippen molar-refractivity contribution in [1.82, 2.24) is 4.98 Å². The van der Waals surface area contributed by atoms with Gasteiger partial charge in [-0.15, -0.1) is 11.3 Å². The molecule has 96 valence electrons. The molecule has 1 heterocycles. The minimum absolute atomic E-state index is 0.0120. The van der Waals surface area contributed by atoms with E-state index in [2.05, 4.69) is 9.88 Å². The van der Waals surface area contributed by atoms with Gasteiger partial charge in [-0.05, 0) is 13.0 Å². The minimum Gasteiger partial charge on any atom is -0.392 e. The van der Waals surface area contributed by atoms with Gasteiger partial charge < -0.3 is 10.0 Å². The van der Waals surface area contributed by atoms with Gasteiger partial charge in [0.1, 0.15) is 0 Å². The molecule has 0 saturated carbocycles. The van der Waals surface area contributed by atoms with Crippen molar-refractivity contribution in [3.63, 3.8) is 0 Å². The molecule has 1 aromatic heterocycles. The molecule has 0 aliphatic rings. The highest BCUT2D eigenvalue weighted by molar-refractivity contribution is 7.09. The number of aromatic nitrogens is 1. The molecule has 0 spiro atoms. The number of aliphatic hydroxyl groups excluding tert-OH is 1. The molecule has 1 N–H and O–H groups in total. The maximum atomic E-state index is 9.38. The molecule has 1 aromatic carbocycles. The Bertz CT molecular complexity index is 542. The smallest absolute Gasteiger partial charge is 0.0798 e. The normalized spacial score (nSPS) is 10.7. The lowest BCUT2D eigenvalue weighted by Crippen LogP contribution is -2.18. The summed E-state index contributed by atoms with van der Waals surface area (Å²) in [6.45, 7) is 2.73. The van der Waals surface area contributed by atoms with Crippen molar-refractivity contribution in [2.24, 2.45) is 0 Å². The number of para-hydroxylation sites is 1. The van der Waals surface area contributed by atoms with E-state index in [0.717, 1.165) is 23.5 Å². The molecule has 3 nitrogen and oxygen atoms in total. The highest BCUT2D eigenvalue weighted by Crippen LogP contribution is 2.31. The van der Waals surface area contributed by atoms with Crippen molar-refractivity contribution in [2.75, 3.05) is 11.9 Å². The average Bonchev–Trinajstić information content (AvgIpc) is 2.74. The van der Waals surface area contributed by atoms with Gasteiger partial charge in [0, 0.05) is 17.5 Å². The summed E-state index contributed by atoms with van der Waals surface area (Å²) >= 11 is 7.85. The zero-order valence-corrected chi connectivity index (χ0v) is 11.9. The summed E-state index contributed by atoms with van der Waals surface area (Å²) in [6.07, 6.45) is 0. The van der Waals surface area contributed by atoms with Crippen LogP contribution in [0, 0.1) is 6.92 Å². The molecule has 2 aromatic rings. The predicted molar refractivity (Wildman–Crippen MR) is 76.3 cm³/mol. The first-order valence-corrected chi connectivity index (χ1v) is 6.87. The van der Waals surface area contributed by atoms with Crippen LogP contribution in [0.25, 0.3) is 0 Å². The SMILES string of the molecule is Cc1ncsc1CN(C)c1c(Cl)cccc1CO. The number of aliphatic hydroxyl groups is 1. The number of nitrogens with zero attached hydrogens (tertiary/aromatic N) is 2. The van der Waals surface area contributed by atoms with E-state index in [-0.39, 0.29) is 6.61 Å². The molecule has 2 rings (SSSR count). The van der Waals surface area contributed by atoms with Crippen molar-refractivity contribution >= 4 is 28.6 Å². The Balaban J connectivity index is 2.29. The monoisotopic (exact) mass is 282 g/mol. The topological polar surface area (TPSA) is 36.4 Å². The maximum Gasteiger partial charge on any atom is 0.0798 e. The van der Waals surface area contributed by atoms with Crippen LogP contribution in [0.4, 0.5) is 5.69 Å². The molecule has 0 aliphatic heterocycles. The van der Waals surface area contributed by atoms with Crippen LogP contribution in [0.5, 0.6) is 0 Å². The Morgan fingerprint density at radius 2 is 2.22 bits per heavy atom. The number of thiazole rings is 1. The summed E-state index contributed by atoms with van der Waals surface area (Å²) in [6, 6.07) is 5.58. The lowest BCUT2D eigenvalue weighted by Gasteiger charge is -2.22. The molecule has 0 unspecified atom stereocenters. The van der Waals surface area contributed by atoms with E-state index in [4.69, 9.17) is 11.6 Å². The van der Waals surface area contributed by atoms with Crippen molar-refractivity contribution in [3.05, 3.63) is 44.9 Å². The average molecular weight is 283 g/mol. The third kappa shape index (κ3) is 2.66. The third-order valence-electron chi connectivity index (χ3n) is 2.85. The first-order valence-electron chi connectivity index (χ1n) is 5.62. The Hall–Kier alpha value is -1.10. The zero-order chi connectivity index (χ0) is 13.1. The standard InChI is InChI=1S/C13H15ClN2OS/c1-9-12(18-8-15-9)6-16(2)13-10(7-17)4-3-5-11(13)14/h3-5,8,17H,6-7H2,1-2H3. The first-order chi connectivity index (χ1) is 8.63. The molecule has 0 bridgehead atoms. The van der Waals surface area contributed by atoms with Gasteiger partial charge in [-0.3, -0.25) is 0 Å². The maximum absolute atomic E-state index is 9.38. The van der Waals surface area contributed by atoms with E-state index in [1.165, 1.54) is 4.88 Å². The number of rotatable bonds is 4. The molecular weight excluding hydrogens is 268 g/mol. The van der Waals surface area contributed by atoms with Gasteiger partial charge in [-0.1, -0.05) is 23.7 Å². The lowest BCUT2D eigenvalue weighted by atomic mass is 10.1. The van der Waals surface area contributed by atoms with Gasteiger partial charge in [0.2, 0.25) is 0 Å². The van der Waals surface area contributed by atoms with E-state index in [0.29, 0.717) is 5.02 Å². The van der Waals surface area contributed by atoms with E-state index in [1.807, 2.05) is 37.7 Å². The van der Waals surface area contributed by atoms with E-state index < -0.39 is 0 Å². The summed E-state index contributed by atoms with van der Waals surface area (Å²) < 4.78 is 0. The summed E-state index contributed by atoms with van der Waals surface area (Å²) in [5.41, 5.74) is 4.61. The number of anilines is 1. The van der Waals surface area contributed by atoms with Crippen molar-refractivity contribution in [3.8, 4) is 0 Å². The van der Waals surface area contributed by atoms with Crippen LogP contribution in [-0.2, 0) is 13.2 Å². The van der Waals surface area contributed by atoms with Crippen molar-refractivity contribution < 1.29 is 5.11 Å². The highest BCUT2D eigenvalue weighted by atomic mass is 35.5. The zero-order valence-electron chi connectivity index (χ0n) is 10.4. The van der Waals surface area contributed by atoms with Crippen LogP contribution in [-0.4, -0.2) is 17.1 Å². The lowest BCUT2D eigenvalue weighted by molar-refractivity contribution is 0.282. The summed E-state index contributed by atoms with van der Waals surface area (Å²) in [5, 5.41) is 10.0. The first kappa shape index (κ1) is 13.3. The molecule has 0 fully saturated rings. The second kappa shape index (κ2) is 5.69. The number of hydrogen-bond acceptors (Lipinski definition) is 4. The minimum atomic E-state index is -0.0120. The quantitative estimate of drug-likeness (QED) is 0.935. The van der Waals surface area contributed by atoms with Crippen molar-refractivity contribution in [1.29, 1.82) is 0 Å². The van der Waals surface area contributed by atoms with E-state index in [9.17, 15) is 5.11 Å². The number of aryl methyl sites for hydroxylation is 1. The fourth-order valence-electron chi connectivity index (χ4n) is 1.89. The molecule has 0 saturated heterocycles. The number of halogens is 1. The third-order valence-corrected chi connectivity index (χ3v) is 4.07. The molecule has 0 radical (unpaired) electrons. The van der Waals surface area contributed by atoms with Crippen LogP contribution in [0.3, 0.4) is 0 Å². The summed E-state index contributed by atoms with van der Waals surface area (Å²) in [4.78, 5) is 7.50. The molecule has 0 atom stereocenters. The Kier molecular flexibility index (Phi) is 4.22. The molecule has 18 heavy (non-hydrogen) atoms. The summed E-state index contributed by atoms with van der Waals surface area (Å²) in [5.74, 6) is 0. The van der Waals surface area contributed by atoms with Crippen LogP contribution in [0.2, 0.25) is 5.02 Å². The van der Waals surface area contributed by atoms with Crippen LogP contribution in [0.1, 0.15) is 16.1 Å². The fourth-order valence-corrected chi connectivity index (χ4v) is 3.06. The van der Waals surface area contributed by atoms with E-state index >= 15 is 0 Å². The van der Waals surface area contributed by atoms with Gasteiger partial charge in [-0.2, -0.15) is 0 Å². The molecule has 5 heteroatoms. The van der Waals surface area contributed by atoms with Crippen LogP contribution in [0.15, 0.2) is 23.7 Å². The number of benzene rings is 1. The van der Waals surface area contributed by atoms with Crippen LogP contribution >= 0.6 is 22.9 Å². The Labute approximate surface area is 116 Å². The van der Waals surface area contributed by atoms with Gasteiger partial charge in [0.25, 0.3) is 0 Å². The predicted octanol–water partition coefficient (Wildman–Crippen LogP) is 3.23. The Morgan fingerprint density at radius 1 is 1.44 bits per heavy atom. The summed E-state index contributed by atoms with van der Waals surface area (Å²) in [7, 11) is 1.97. The van der Waals surface area contributed by atoms with Gasteiger partial charge in [-0.25, -0.2) is 4.98 Å². The van der Waals surface area contributed by atoms with Crippen molar-refractivity contribution in [2.45, 2.75) is 20.1 Å². The molecule has 0 aliphatic carbocycles. The Morgan fingerprint density at radius 3 is 2.83 bits per heavy atom.